The van der Waals surface area contributed by atoms with Crippen LogP contribution in [0.15, 0.2) is 24.3 Å². The van der Waals surface area contributed by atoms with Gasteiger partial charge in [-0.25, -0.2) is 0 Å². The predicted molar refractivity (Wildman–Crippen MR) is 81.2 cm³/mol. The van der Waals surface area contributed by atoms with Gasteiger partial charge in [0.2, 0.25) is 5.91 Å². The summed E-state index contributed by atoms with van der Waals surface area (Å²) in [5.74, 6) is -1.44. The number of carboxylic acids is 1. The van der Waals surface area contributed by atoms with Crippen LogP contribution in [0.25, 0.3) is 0 Å². The number of aryl methyl sites for hydroxylation is 1. The molecule has 1 aliphatic carbocycles. The van der Waals surface area contributed by atoms with E-state index in [9.17, 15) is 9.59 Å². The molecule has 0 saturated heterocycles. The fraction of sp³-hybridized carbons (Fsp3) is 0.529. The highest BCUT2D eigenvalue weighted by Crippen LogP contribution is 2.33. The summed E-state index contributed by atoms with van der Waals surface area (Å²) in [6.07, 6.45) is 2.89. The molecule has 4 heteroatoms. The lowest BCUT2D eigenvalue weighted by Gasteiger charge is -2.31. The highest BCUT2D eigenvalue weighted by atomic mass is 16.4. The summed E-state index contributed by atoms with van der Waals surface area (Å²) < 4.78 is 0. The van der Waals surface area contributed by atoms with Crippen molar-refractivity contribution in [1.29, 1.82) is 0 Å². The lowest BCUT2D eigenvalue weighted by molar-refractivity contribution is -0.143. The normalized spacial score (nSPS) is 18.7. The molecule has 0 fully saturated rings. The van der Waals surface area contributed by atoms with E-state index in [4.69, 9.17) is 5.11 Å². The third-order valence-electron chi connectivity index (χ3n) is 4.28. The van der Waals surface area contributed by atoms with Crippen molar-refractivity contribution < 1.29 is 14.7 Å². The van der Waals surface area contributed by atoms with E-state index in [0.717, 1.165) is 24.8 Å². The Labute approximate surface area is 125 Å². The number of amides is 1. The van der Waals surface area contributed by atoms with Gasteiger partial charge in [0, 0.05) is 13.1 Å². The molecule has 1 amide bonds. The Hall–Kier alpha value is -1.84. The van der Waals surface area contributed by atoms with Gasteiger partial charge in [0.05, 0.1) is 11.8 Å². The third-order valence-corrected chi connectivity index (χ3v) is 4.28. The second kappa shape index (κ2) is 6.74. The summed E-state index contributed by atoms with van der Waals surface area (Å²) in [4.78, 5) is 25.5. The van der Waals surface area contributed by atoms with Gasteiger partial charge in [0.15, 0.2) is 0 Å². The molecule has 2 rings (SSSR count). The van der Waals surface area contributed by atoms with Crippen molar-refractivity contribution in [1.82, 2.24) is 4.90 Å². The largest absolute Gasteiger partial charge is 0.481 e. The van der Waals surface area contributed by atoms with Crippen LogP contribution in [0.1, 0.15) is 43.7 Å². The smallest absolute Gasteiger partial charge is 0.308 e. The molecule has 1 aromatic carbocycles. The number of fused-ring (bicyclic) bond motifs is 1. The molecule has 1 N–H and O–H groups in total. The second-order valence-electron chi connectivity index (χ2n) is 5.76. The fourth-order valence-electron chi connectivity index (χ4n) is 3.01. The minimum Gasteiger partial charge on any atom is -0.481 e. The molecule has 21 heavy (non-hydrogen) atoms. The van der Waals surface area contributed by atoms with Gasteiger partial charge in [-0.15, -0.1) is 0 Å². The average Bonchev–Trinajstić information content (AvgIpc) is 2.51. The zero-order valence-corrected chi connectivity index (χ0v) is 12.7. The van der Waals surface area contributed by atoms with Gasteiger partial charge in [-0.3, -0.25) is 9.59 Å². The highest BCUT2D eigenvalue weighted by molar-refractivity contribution is 5.85. The highest BCUT2D eigenvalue weighted by Gasteiger charge is 2.30. The van der Waals surface area contributed by atoms with Gasteiger partial charge in [0.25, 0.3) is 0 Å². The minimum atomic E-state index is -0.856. The van der Waals surface area contributed by atoms with Crippen LogP contribution in [0.2, 0.25) is 0 Å². The average molecular weight is 289 g/mol. The maximum Gasteiger partial charge on any atom is 0.308 e. The van der Waals surface area contributed by atoms with Crippen LogP contribution in [-0.4, -0.2) is 35.0 Å². The van der Waals surface area contributed by atoms with Gasteiger partial charge < -0.3 is 10.0 Å². The fourth-order valence-corrected chi connectivity index (χ4v) is 3.01. The minimum absolute atomic E-state index is 0.0674. The predicted octanol–water partition coefficient (Wildman–Crippen LogP) is 2.68. The summed E-state index contributed by atoms with van der Waals surface area (Å²) in [7, 11) is 0. The molecule has 0 aliphatic heterocycles. The van der Waals surface area contributed by atoms with E-state index in [2.05, 4.69) is 6.07 Å². The van der Waals surface area contributed by atoms with Crippen molar-refractivity contribution in [2.24, 2.45) is 5.92 Å². The first kappa shape index (κ1) is 15.5. The van der Waals surface area contributed by atoms with Crippen LogP contribution in [0, 0.1) is 5.92 Å². The molecule has 2 atom stereocenters. The first-order chi connectivity index (χ1) is 10.0. The number of carboxylic acid groups (broad SMARTS) is 1. The molecule has 0 bridgehead atoms. The van der Waals surface area contributed by atoms with Crippen LogP contribution in [0.4, 0.5) is 0 Å². The van der Waals surface area contributed by atoms with Gasteiger partial charge >= 0.3 is 5.97 Å². The summed E-state index contributed by atoms with van der Waals surface area (Å²) in [5.41, 5.74) is 2.37. The van der Waals surface area contributed by atoms with E-state index in [1.165, 1.54) is 5.56 Å². The molecule has 0 aromatic heterocycles. The quantitative estimate of drug-likeness (QED) is 0.906. The van der Waals surface area contributed by atoms with Crippen molar-refractivity contribution >= 4 is 11.9 Å². The zero-order chi connectivity index (χ0) is 15.4. The number of rotatable bonds is 5. The Kier molecular flexibility index (Phi) is 4.99. The van der Waals surface area contributed by atoms with Gasteiger partial charge in [-0.05, 0) is 37.3 Å². The van der Waals surface area contributed by atoms with Crippen molar-refractivity contribution in [3.63, 3.8) is 0 Å². The van der Waals surface area contributed by atoms with E-state index < -0.39 is 11.9 Å². The number of benzene rings is 1. The van der Waals surface area contributed by atoms with Gasteiger partial charge in [0.1, 0.15) is 0 Å². The number of aliphatic carboxylic acids is 1. The maximum atomic E-state index is 12.8. The first-order valence-corrected chi connectivity index (χ1v) is 7.64. The summed E-state index contributed by atoms with van der Waals surface area (Å²) in [6.45, 7) is 4.38. The van der Waals surface area contributed by atoms with Gasteiger partial charge in [-0.1, -0.05) is 31.2 Å². The Morgan fingerprint density at radius 3 is 2.76 bits per heavy atom. The number of carbonyl (C=O) groups excluding carboxylic acids is 1. The number of hydrogen-bond acceptors (Lipinski definition) is 2. The molecule has 114 valence electrons. The lowest BCUT2D eigenvalue weighted by atomic mass is 9.82. The molecule has 2 unspecified atom stereocenters. The van der Waals surface area contributed by atoms with Crippen LogP contribution < -0.4 is 0 Å². The van der Waals surface area contributed by atoms with Crippen LogP contribution in [0.3, 0.4) is 0 Å². The van der Waals surface area contributed by atoms with Crippen molar-refractivity contribution in [3.8, 4) is 0 Å². The maximum absolute atomic E-state index is 12.8. The summed E-state index contributed by atoms with van der Waals surface area (Å²) >= 11 is 0. The Bertz CT molecular complexity index is 527. The molecule has 0 saturated carbocycles. The lowest BCUT2D eigenvalue weighted by Crippen LogP contribution is -2.40. The van der Waals surface area contributed by atoms with E-state index in [-0.39, 0.29) is 18.4 Å². The van der Waals surface area contributed by atoms with Crippen molar-refractivity contribution in [2.75, 3.05) is 13.1 Å². The van der Waals surface area contributed by atoms with E-state index in [1.54, 1.807) is 11.8 Å². The number of hydrogen-bond donors (Lipinski definition) is 1. The molecule has 0 heterocycles. The van der Waals surface area contributed by atoms with Crippen LogP contribution in [0.5, 0.6) is 0 Å². The SMILES string of the molecule is CCN(CC(C)C(=O)O)C(=O)C1CCCc2ccccc21. The molecule has 4 nitrogen and oxygen atoms in total. The molecule has 1 aromatic rings. The summed E-state index contributed by atoms with van der Waals surface area (Å²) in [6, 6.07) is 8.10. The first-order valence-electron chi connectivity index (χ1n) is 7.64. The van der Waals surface area contributed by atoms with E-state index in [1.807, 2.05) is 25.1 Å². The van der Waals surface area contributed by atoms with Crippen molar-refractivity contribution in [2.45, 2.75) is 39.0 Å². The number of carbonyl (C=O) groups is 2. The van der Waals surface area contributed by atoms with E-state index >= 15 is 0 Å². The van der Waals surface area contributed by atoms with Crippen LogP contribution >= 0.6 is 0 Å². The Morgan fingerprint density at radius 1 is 1.38 bits per heavy atom. The van der Waals surface area contributed by atoms with Crippen molar-refractivity contribution in [3.05, 3.63) is 35.4 Å². The molecular formula is C17H23NO3. The number of nitrogens with zero attached hydrogens (tertiary/aromatic N) is 1. The molecular weight excluding hydrogens is 266 g/mol. The Balaban J connectivity index is 2.17. The zero-order valence-electron chi connectivity index (χ0n) is 12.7. The molecule has 1 aliphatic rings. The van der Waals surface area contributed by atoms with E-state index in [0.29, 0.717) is 6.54 Å². The summed E-state index contributed by atoms with van der Waals surface area (Å²) in [5, 5.41) is 9.04. The standard InChI is InChI=1S/C17H23NO3/c1-3-18(11-12(2)17(20)21)16(19)15-10-6-8-13-7-4-5-9-14(13)15/h4-5,7,9,12,15H,3,6,8,10-11H2,1-2H3,(H,20,21). The van der Waals surface area contributed by atoms with Gasteiger partial charge in [-0.2, -0.15) is 0 Å². The topological polar surface area (TPSA) is 57.6 Å². The molecule has 0 radical (unpaired) electrons. The monoisotopic (exact) mass is 289 g/mol. The van der Waals surface area contributed by atoms with Crippen LogP contribution in [-0.2, 0) is 16.0 Å². The third kappa shape index (κ3) is 3.43. The number of likely N-dealkylation sites (N-methyl/N-ethyl adjacent to an activating group) is 1. The molecule has 0 spiro atoms. The Morgan fingerprint density at radius 2 is 2.10 bits per heavy atom. The second-order valence-corrected chi connectivity index (χ2v) is 5.76.